The molecular weight excluding hydrogens is 308 g/mol. The van der Waals surface area contributed by atoms with Gasteiger partial charge in [-0.15, -0.1) is 0 Å². The van der Waals surface area contributed by atoms with Crippen LogP contribution in [0.4, 0.5) is 0 Å². The van der Waals surface area contributed by atoms with Crippen molar-refractivity contribution >= 4 is 39.0 Å². The monoisotopic (exact) mass is 334 g/mol. The van der Waals surface area contributed by atoms with Crippen LogP contribution in [0.1, 0.15) is 69.8 Å². The highest BCUT2D eigenvalue weighted by atomic mass is 79.9. The molecule has 0 unspecified atom stereocenters. The first-order chi connectivity index (χ1) is 8.79. The minimum absolute atomic E-state index is 0. The lowest BCUT2D eigenvalue weighted by atomic mass is 9.77. The maximum atomic E-state index is 3.51. The predicted molar refractivity (Wildman–Crippen MR) is 91.5 cm³/mol. The molecule has 0 N–H and O–H groups in total. The van der Waals surface area contributed by atoms with E-state index < -0.39 is 0 Å². The first-order valence-corrected chi connectivity index (χ1v) is 8.34. The van der Waals surface area contributed by atoms with Crippen LogP contribution in [0.15, 0.2) is 28.7 Å². The summed E-state index contributed by atoms with van der Waals surface area (Å²) in [6.45, 7) is 2.30. The summed E-state index contributed by atoms with van der Waals surface area (Å²) < 4.78 is 1.19. The Kier molecular flexibility index (Phi) is 8.68. The second kappa shape index (κ2) is 9.41. The van der Waals surface area contributed by atoms with E-state index in [4.69, 9.17) is 0 Å². The van der Waals surface area contributed by atoms with E-state index in [-0.39, 0.29) is 23.1 Å². The zero-order chi connectivity index (χ0) is 12.8. The van der Waals surface area contributed by atoms with Crippen molar-refractivity contribution in [2.75, 3.05) is 0 Å². The largest absolute Gasteiger partial charge is 0.316 e. The average Bonchev–Trinajstić information content (AvgIpc) is 2.41. The molecule has 1 aromatic rings. The van der Waals surface area contributed by atoms with Crippen molar-refractivity contribution in [3.63, 3.8) is 0 Å². The highest BCUT2D eigenvalue weighted by molar-refractivity contribution is 9.10. The lowest BCUT2D eigenvalue weighted by molar-refractivity contribution is 0.303. The third-order valence-electron chi connectivity index (χ3n) is 4.40. The lowest BCUT2D eigenvalue weighted by Gasteiger charge is -2.28. The molecule has 0 spiro atoms. The zero-order valence-corrected chi connectivity index (χ0v) is 13.1. The number of benzene rings is 1. The Morgan fingerprint density at radius 1 is 1.00 bits per heavy atom. The van der Waals surface area contributed by atoms with Crippen molar-refractivity contribution in [2.45, 2.75) is 64.2 Å². The third-order valence-corrected chi connectivity index (χ3v) is 4.93. The minimum atomic E-state index is 0. The quantitative estimate of drug-likeness (QED) is 0.500. The highest BCUT2D eigenvalue weighted by Gasteiger charge is 2.21. The van der Waals surface area contributed by atoms with Crippen molar-refractivity contribution in [2.24, 2.45) is 5.92 Å². The summed E-state index contributed by atoms with van der Waals surface area (Å²) in [5.41, 5.74) is 1.55. The van der Waals surface area contributed by atoms with Gasteiger partial charge in [0.1, 0.15) is 0 Å². The number of rotatable bonds is 5. The Morgan fingerprint density at radius 2 is 1.63 bits per heavy atom. The van der Waals surface area contributed by atoms with Gasteiger partial charge in [-0.05, 0) is 55.2 Å². The van der Waals surface area contributed by atoms with Gasteiger partial charge in [0, 0.05) is 4.47 Å². The van der Waals surface area contributed by atoms with Gasteiger partial charge in [-0.3, -0.25) is 0 Å². The molecular formula is C17H27BrMg. The molecule has 0 bridgehead atoms. The van der Waals surface area contributed by atoms with E-state index in [1.54, 1.807) is 5.56 Å². The first kappa shape index (κ1) is 17.5. The molecule has 1 saturated carbocycles. The first-order valence-electron chi connectivity index (χ1n) is 7.55. The Hall–Kier alpha value is 0.466. The van der Waals surface area contributed by atoms with E-state index in [1.165, 1.54) is 55.8 Å². The fraction of sp³-hybridized carbons (Fsp3) is 0.647. The number of halogens is 1. The van der Waals surface area contributed by atoms with Crippen LogP contribution in [0.3, 0.4) is 0 Å². The Balaban J connectivity index is 0.00000180. The van der Waals surface area contributed by atoms with Crippen LogP contribution < -0.4 is 0 Å². The van der Waals surface area contributed by atoms with Crippen LogP contribution in [-0.2, 0) is 0 Å². The topological polar surface area (TPSA) is 0 Å². The van der Waals surface area contributed by atoms with Gasteiger partial charge in [-0.1, -0.05) is 60.7 Å². The molecule has 1 aromatic carbocycles. The van der Waals surface area contributed by atoms with E-state index in [1.807, 2.05) is 0 Å². The minimum Gasteiger partial charge on any atom is -0.0654 e. The Labute approximate surface area is 143 Å². The predicted octanol–water partition coefficient (Wildman–Crippen LogP) is 5.39. The molecule has 1 aliphatic carbocycles. The molecule has 1 fully saturated rings. The average molecular weight is 336 g/mol. The van der Waals surface area contributed by atoms with Gasteiger partial charge in [0.2, 0.25) is 0 Å². The molecule has 19 heavy (non-hydrogen) atoms. The summed E-state index contributed by atoms with van der Waals surface area (Å²) in [5.74, 6) is 1.84. The summed E-state index contributed by atoms with van der Waals surface area (Å²) in [7, 11) is 0. The summed E-state index contributed by atoms with van der Waals surface area (Å²) in [6.07, 6.45) is 11.4. The van der Waals surface area contributed by atoms with Gasteiger partial charge in [-0.2, -0.15) is 0 Å². The van der Waals surface area contributed by atoms with Crippen molar-refractivity contribution < 1.29 is 0 Å². The molecule has 1 aliphatic rings. The van der Waals surface area contributed by atoms with E-state index in [2.05, 4.69) is 47.1 Å². The molecule has 2 rings (SSSR count). The van der Waals surface area contributed by atoms with E-state index in [0.717, 1.165) is 11.8 Å². The van der Waals surface area contributed by atoms with Gasteiger partial charge in [0.15, 0.2) is 0 Å². The van der Waals surface area contributed by atoms with E-state index >= 15 is 0 Å². The van der Waals surface area contributed by atoms with Crippen molar-refractivity contribution in [3.8, 4) is 0 Å². The molecule has 0 amide bonds. The molecule has 0 aliphatic heterocycles. The van der Waals surface area contributed by atoms with Gasteiger partial charge in [0.05, 0.1) is 0 Å². The SMILES string of the molecule is CCCCC[C@H]1CC[C@H](c2ccc(Br)cc2)CC1.[MgH2]. The molecule has 0 atom stereocenters. The maximum Gasteiger partial charge on any atom is 0.316 e. The normalized spacial score (nSPS) is 22.8. The molecule has 0 saturated heterocycles. The van der Waals surface area contributed by atoms with Crippen LogP contribution in [0.5, 0.6) is 0 Å². The van der Waals surface area contributed by atoms with Crippen molar-refractivity contribution in [1.82, 2.24) is 0 Å². The summed E-state index contributed by atoms with van der Waals surface area (Å²) in [4.78, 5) is 0. The highest BCUT2D eigenvalue weighted by Crippen LogP contribution is 2.37. The Bertz CT molecular complexity index is 339. The molecule has 0 heterocycles. The van der Waals surface area contributed by atoms with E-state index in [0.29, 0.717) is 0 Å². The number of unbranched alkanes of at least 4 members (excludes halogenated alkanes) is 2. The zero-order valence-electron chi connectivity index (χ0n) is 11.5. The van der Waals surface area contributed by atoms with Gasteiger partial charge < -0.3 is 0 Å². The molecule has 0 radical (unpaired) electrons. The van der Waals surface area contributed by atoms with Gasteiger partial charge in [-0.25, -0.2) is 0 Å². The molecule has 2 heteroatoms. The molecule has 0 aromatic heterocycles. The Morgan fingerprint density at radius 3 is 2.21 bits per heavy atom. The third kappa shape index (κ3) is 5.77. The van der Waals surface area contributed by atoms with Crippen LogP contribution in [0.2, 0.25) is 0 Å². The van der Waals surface area contributed by atoms with Crippen LogP contribution in [-0.4, -0.2) is 23.1 Å². The number of hydrogen-bond acceptors (Lipinski definition) is 0. The van der Waals surface area contributed by atoms with E-state index in [9.17, 15) is 0 Å². The smallest absolute Gasteiger partial charge is 0.0654 e. The van der Waals surface area contributed by atoms with Crippen molar-refractivity contribution in [3.05, 3.63) is 34.3 Å². The van der Waals surface area contributed by atoms with Crippen LogP contribution >= 0.6 is 15.9 Å². The summed E-state index contributed by atoms with van der Waals surface area (Å²) >= 11 is 3.51. The maximum absolute atomic E-state index is 3.51. The van der Waals surface area contributed by atoms with Gasteiger partial charge >= 0.3 is 23.1 Å². The van der Waals surface area contributed by atoms with Gasteiger partial charge in [0.25, 0.3) is 0 Å². The second-order valence-corrected chi connectivity index (χ2v) is 6.68. The lowest BCUT2D eigenvalue weighted by Crippen LogP contribution is -2.13. The molecule has 104 valence electrons. The van der Waals surface area contributed by atoms with Crippen LogP contribution in [0.25, 0.3) is 0 Å². The summed E-state index contributed by atoms with van der Waals surface area (Å²) in [6, 6.07) is 8.96. The fourth-order valence-electron chi connectivity index (χ4n) is 3.20. The number of hydrogen-bond donors (Lipinski definition) is 0. The van der Waals surface area contributed by atoms with Crippen molar-refractivity contribution in [1.29, 1.82) is 0 Å². The summed E-state index contributed by atoms with van der Waals surface area (Å²) in [5, 5.41) is 0. The molecule has 0 nitrogen and oxygen atoms in total. The van der Waals surface area contributed by atoms with Crippen LogP contribution in [0, 0.1) is 5.92 Å². The fourth-order valence-corrected chi connectivity index (χ4v) is 3.47. The standard InChI is InChI=1S/C17H25Br.Mg.2H/c1-2-3-4-5-14-6-8-15(9-7-14)16-10-12-17(18)13-11-16;;;/h10-15H,2-9H2,1H3;;;/t14-,15-;;;. The second-order valence-electron chi connectivity index (χ2n) is 5.76.